The number of rotatable bonds is 1. The fourth-order valence-corrected chi connectivity index (χ4v) is 1.45. The molecule has 0 atom stereocenters. The van der Waals surface area contributed by atoms with Crippen molar-refractivity contribution < 1.29 is 17.6 Å². The van der Waals surface area contributed by atoms with Gasteiger partial charge in [0.15, 0.2) is 0 Å². The number of hydrogen-bond donors (Lipinski definition) is 1. The number of H-pyrrole nitrogens is 1. The second-order valence-corrected chi connectivity index (χ2v) is 3.53. The number of nitrogens with one attached hydrogen (secondary N) is 1. The zero-order valence-corrected chi connectivity index (χ0v) is 8.75. The van der Waals surface area contributed by atoms with Gasteiger partial charge in [-0.15, -0.1) is 0 Å². The van der Waals surface area contributed by atoms with E-state index in [1.807, 2.05) is 0 Å². The second-order valence-electron chi connectivity index (χ2n) is 3.53. The van der Waals surface area contributed by atoms with Crippen LogP contribution in [0, 0.1) is 5.82 Å². The van der Waals surface area contributed by atoms with Crippen molar-refractivity contribution in [1.29, 1.82) is 0 Å². The molecule has 0 aliphatic rings. The Kier molecular flexibility index (Phi) is 2.90. The summed E-state index contributed by atoms with van der Waals surface area (Å²) in [4.78, 5) is 11.0. The zero-order valence-electron chi connectivity index (χ0n) is 8.75. The van der Waals surface area contributed by atoms with Crippen molar-refractivity contribution in [2.75, 3.05) is 0 Å². The minimum Gasteiger partial charge on any atom is -0.268 e. The van der Waals surface area contributed by atoms with Crippen LogP contribution >= 0.6 is 0 Å². The summed E-state index contributed by atoms with van der Waals surface area (Å²) in [5.74, 6) is -1.06. The quantitative estimate of drug-likeness (QED) is 0.799. The number of aromatic nitrogens is 2. The molecule has 0 unspecified atom stereocenters. The van der Waals surface area contributed by atoms with Gasteiger partial charge in [-0.3, -0.25) is 4.79 Å². The molecule has 7 heteroatoms. The van der Waals surface area contributed by atoms with Crippen LogP contribution in [0.1, 0.15) is 5.56 Å². The van der Waals surface area contributed by atoms with Crippen LogP contribution in [0.2, 0.25) is 0 Å². The van der Waals surface area contributed by atoms with Gasteiger partial charge in [0.2, 0.25) is 0 Å². The summed E-state index contributed by atoms with van der Waals surface area (Å²) in [5, 5.41) is 5.54. The van der Waals surface area contributed by atoms with Crippen molar-refractivity contribution in [3.05, 3.63) is 52.2 Å². The molecular weight excluding hydrogens is 252 g/mol. The minimum atomic E-state index is -4.61. The monoisotopic (exact) mass is 258 g/mol. The predicted octanol–water partition coefficient (Wildman–Crippen LogP) is 2.59. The first-order valence-electron chi connectivity index (χ1n) is 4.80. The molecule has 3 nitrogen and oxygen atoms in total. The van der Waals surface area contributed by atoms with Gasteiger partial charge in [-0.1, -0.05) is 6.07 Å². The first kappa shape index (κ1) is 12.3. The smallest absolute Gasteiger partial charge is 0.268 e. The molecule has 1 N–H and O–H groups in total. The molecule has 2 aromatic rings. The van der Waals surface area contributed by atoms with Crippen LogP contribution < -0.4 is 5.56 Å². The lowest BCUT2D eigenvalue weighted by Crippen LogP contribution is -2.07. The van der Waals surface area contributed by atoms with Gasteiger partial charge in [0.1, 0.15) is 5.82 Å². The highest BCUT2D eigenvalue weighted by atomic mass is 19.4. The van der Waals surface area contributed by atoms with E-state index in [1.165, 1.54) is 0 Å². The molecule has 0 radical (unpaired) electrons. The normalized spacial score (nSPS) is 11.6. The van der Waals surface area contributed by atoms with Crippen molar-refractivity contribution in [3.8, 4) is 11.1 Å². The molecule has 0 bridgehead atoms. The maximum atomic E-state index is 13.6. The maximum absolute atomic E-state index is 13.6. The van der Waals surface area contributed by atoms with Gasteiger partial charge in [-0.25, -0.2) is 9.49 Å². The minimum absolute atomic E-state index is 0.110. The highest BCUT2D eigenvalue weighted by molar-refractivity contribution is 5.63. The Bertz CT molecular complexity index is 633. The Hall–Kier alpha value is -2.18. The summed E-state index contributed by atoms with van der Waals surface area (Å²) >= 11 is 0. The second kappa shape index (κ2) is 4.25. The van der Waals surface area contributed by atoms with E-state index in [9.17, 15) is 22.4 Å². The molecule has 0 spiro atoms. The Balaban J connectivity index is 2.52. The van der Waals surface area contributed by atoms with Crippen LogP contribution in [0.5, 0.6) is 0 Å². The Morgan fingerprint density at radius 1 is 1.17 bits per heavy atom. The van der Waals surface area contributed by atoms with Crippen LogP contribution in [0.25, 0.3) is 11.1 Å². The Morgan fingerprint density at radius 3 is 2.44 bits per heavy atom. The fourth-order valence-electron chi connectivity index (χ4n) is 1.45. The molecule has 0 fully saturated rings. The highest BCUT2D eigenvalue weighted by Crippen LogP contribution is 2.32. The summed E-state index contributed by atoms with van der Waals surface area (Å²) in [6.07, 6.45) is -3.45. The molecule has 18 heavy (non-hydrogen) atoms. The van der Waals surface area contributed by atoms with Crippen molar-refractivity contribution >= 4 is 0 Å². The van der Waals surface area contributed by atoms with E-state index in [4.69, 9.17) is 0 Å². The van der Waals surface area contributed by atoms with Crippen molar-refractivity contribution in [1.82, 2.24) is 10.2 Å². The van der Waals surface area contributed by atoms with Crippen LogP contribution in [0.4, 0.5) is 17.6 Å². The van der Waals surface area contributed by atoms with Gasteiger partial charge in [-0.05, 0) is 12.1 Å². The summed E-state index contributed by atoms with van der Waals surface area (Å²) in [7, 11) is 0. The lowest BCUT2D eigenvalue weighted by molar-refractivity contribution is -0.137. The zero-order chi connectivity index (χ0) is 13.3. The third-order valence-corrected chi connectivity index (χ3v) is 2.27. The number of alkyl halides is 3. The molecule has 0 aliphatic heterocycles. The van der Waals surface area contributed by atoms with Gasteiger partial charge in [-0.2, -0.15) is 18.3 Å². The lowest BCUT2D eigenvalue weighted by Gasteiger charge is -2.08. The van der Waals surface area contributed by atoms with E-state index in [1.54, 1.807) is 0 Å². The van der Waals surface area contributed by atoms with Crippen LogP contribution in [0.3, 0.4) is 0 Å². The maximum Gasteiger partial charge on any atom is 0.416 e. The summed E-state index contributed by atoms with van der Waals surface area (Å²) in [6, 6.07) is 3.16. The molecule has 0 amide bonds. The molecule has 1 aromatic carbocycles. The predicted molar refractivity (Wildman–Crippen MR) is 55.3 cm³/mol. The number of hydrogen-bond acceptors (Lipinski definition) is 2. The highest BCUT2D eigenvalue weighted by Gasteiger charge is 2.31. The molecule has 2 rings (SSSR count). The molecule has 0 saturated heterocycles. The topological polar surface area (TPSA) is 45.8 Å². The summed E-state index contributed by atoms with van der Waals surface area (Å²) in [5.41, 5.74) is -1.64. The van der Waals surface area contributed by atoms with Gasteiger partial charge in [0, 0.05) is 17.2 Å². The average Bonchev–Trinajstić information content (AvgIpc) is 2.27. The number of aromatic amines is 1. The summed E-state index contributed by atoms with van der Waals surface area (Å²) in [6.45, 7) is 0. The third-order valence-electron chi connectivity index (χ3n) is 2.27. The average molecular weight is 258 g/mol. The van der Waals surface area contributed by atoms with Crippen LogP contribution in [0.15, 0.2) is 35.3 Å². The third kappa shape index (κ3) is 2.39. The number of halogens is 4. The SMILES string of the molecule is O=c1cc(-c2ccc(C(F)(F)F)cc2F)cn[nH]1. The van der Waals surface area contributed by atoms with Gasteiger partial charge < -0.3 is 0 Å². The van der Waals surface area contributed by atoms with Gasteiger partial charge in [0.05, 0.1) is 11.8 Å². The molecule has 1 aromatic heterocycles. The largest absolute Gasteiger partial charge is 0.416 e. The van der Waals surface area contributed by atoms with E-state index >= 15 is 0 Å². The van der Waals surface area contributed by atoms with E-state index < -0.39 is 23.1 Å². The lowest BCUT2D eigenvalue weighted by atomic mass is 10.1. The molecular formula is C11H6F4N2O. The molecule has 0 saturated carbocycles. The number of nitrogens with zero attached hydrogens (tertiary/aromatic N) is 1. The first-order valence-corrected chi connectivity index (χ1v) is 4.80. The van der Waals surface area contributed by atoms with Crippen LogP contribution in [-0.4, -0.2) is 10.2 Å². The molecule has 0 aliphatic carbocycles. The fraction of sp³-hybridized carbons (Fsp3) is 0.0909. The Labute approximate surface area is 98.1 Å². The van der Waals surface area contributed by atoms with E-state index in [2.05, 4.69) is 10.2 Å². The van der Waals surface area contributed by atoms with E-state index in [-0.39, 0.29) is 11.1 Å². The van der Waals surface area contributed by atoms with Crippen LogP contribution in [-0.2, 0) is 6.18 Å². The molecule has 1 heterocycles. The standard InChI is InChI=1S/C11H6F4N2O/c12-9-4-7(11(13,14)15)1-2-8(9)6-3-10(18)17-16-5-6/h1-5H,(H,17,18). The van der Waals surface area contributed by atoms with Gasteiger partial charge in [0.25, 0.3) is 5.56 Å². The molecule has 94 valence electrons. The first-order chi connectivity index (χ1) is 8.38. The van der Waals surface area contributed by atoms with E-state index in [0.29, 0.717) is 6.07 Å². The Morgan fingerprint density at radius 2 is 1.89 bits per heavy atom. The van der Waals surface area contributed by atoms with Crippen molar-refractivity contribution in [2.24, 2.45) is 0 Å². The van der Waals surface area contributed by atoms with Crippen molar-refractivity contribution in [2.45, 2.75) is 6.18 Å². The van der Waals surface area contributed by atoms with Crippen molar-refractivity contribution in [3.63, 3.8) is 0 Å². The van der Waals surface area contributed by atoms with Gasteiger partial charge >= 0.3 is 6.18 Å². The number of benzene rings is 1. The summed E-state index contributed by atoms with van der Waals surface area (Å²) < 4.78 is 50.6. The van der Waals surface area contributed by atoms with E-state index in [0.717, 1.165) is 24.4 Å².